The highest BCUT2D eigenvalue weighted by molar-refractivity contribution is 8.02. The molecule has 1 atom stereocenters. The summed E-state index contributed by atoms with van der Waals surface area (Å²) in [7, 11) is 0. The van der Waals surface area contributed by atoms with Gasteiger partial charge in [0.2, 0.25) is 0 Å². The van der Waals surface area contributed by atoms with Gasteiger partial charge in [-0.05, 0) is 95.7 Å². The number of thioether (sulfide) groups is 2. The van der Waals surface area contributed by atoms with Crippen LogP contribution in [0.15, 0.2) is 78.5 Å². The van der Waals surface area contributed by atoms with Crippen molar-refractivity contribution in [1.82, 2.24) is 10.3 Å². The molecule has 1 aromatic heterocycles. The van der Waals surface area contributed by atoms with Gasteiger partial charge in [-0.25, -0.2) is 13.2 Å². The molecular weight excluding hydrogens is 521 g/mol. The van der Waals surface area contributed by atoms with Crippen LogP contribution >= 0.6 is 23.5 Å². The molecule has 1 unspecified atom stereocenters. The lowest BCUT2D eigenvalue weighted by atomic mass is 9.89. The van der Waals surface area contributed by atoms with E-state index in [4.69, 9.17) is 0 Å². The highest BCUT2D eigenvalue weighted by Gasteiger charge is 2.20. The number of benzene rings is 2. The van der Waals surface area contributed by atoms with Crippen LogP contribution in [0.4, 0.5) is 13.2 Å². The summed E-state index contributed by atoms with van der Waals surface area (Å²) in [6.45, 7) is 6.87. The standard InChI is InChI=1S/C27H29F3N2S.C4H6S/c1-4-22-14-19(11-12-31-22)17-32-18(2)23(6-5-13-33-3)24-9-7-20(15-26(24)29)21-8-10-25(28)27(30)16-21;1-2-4-5-3-1/h7-12,14-16,23,32H,2,4-6,13,17H2,1,3H3;1,3H,2,4H2. The summed E-state index contributed by atoms with van der Waals surface area (Å²) in [4.78, 5) is 4.33. The fourth-order valence-corrected chi connectivity index (χ4v) is 5.26. The van der Waals surface area contributed by atoms with Gasteiger partial charge in [0.05, 0.1) is 0 Å². The quantitative estimate of drug-likeness (QED) is 0.238. The summed E-state index contributed by atoms with van der Waals surface area (Å²) < 4.78 is 42.1. The molecule has 7 heteroatoms. The van der Waals surface area contributed by atoms with Crippen molar-refractivity contribution >= 4 is 23.5 Å². The van der Waals surface area contributed by atoms with Gasteiger partial charge in [0.1, 0.15) is 5.82 Å². The number of rotatable bonds is 11. The maximum Gasteiger partial charge on any atom is 0.159 e. The van der Waals surface area contributed by atoms with Crippen molar-refractivity contribution in [3.05, 3.63) is 113 Å². The van der Waals surface area contributed by atoms with Gasteiger partial charge in [0.15, 0.2) is 11.6 Å². The molecule has 2 nitrogen and oxygen atoms in total. The Morgan fingerprint density at radius 1 is 1.05 bits per heavy atom. The molecule has 3 aromatic rings. The molecule has 1 aliphatic heterocycles. The minimum absolute atomic E-state index is 0.205. The van der Waals surface area contributed by atoms with Crippen molar-refractivity contribution < 1.29 is 13.2 Å². The molecule has 2 aromatic carbocycles. The van der Waals surface area contributed by atoms with Crippen LogP contribution in [0.25, 0.3) is 11.1 Å². The first-order valence-electron chi connectivity index (χ1n) is 12.8. The predicted octanol–water partition coefficient (Wildman–Crippen LogP) is 8.90. The van der Waals surface area contributed by atoms with Crippen molar-refractivity contribution in [2.45, 2.75) is 45.1 Å². The number of pyridine rings is 1. The highest BCUT2D eigenvalue weighted by Crippen LogP contribution is 2.32. The fraction of sp³-hybridized carbons (Fsp3) is 0.323. The van der Waals surface area contributed by atoms with Gasteiger partial charge in [0, 0.05) is 35.8 Å². The average molecular weight is 557 g/mol. The van der Waals surface area contributed by atoms with Crippen molar-refractivity contribution in [3.8, 4) is 11.1 Å². The van der Waals surface area contributed by atoms with Crippen LogP contribution in [0.1, 0.15) is 48.9 Å². The number of nitrogens with zero attached hydrogens (tertiary/aromatic N) is 1. The lowest BCUT2D eigenvalue weighted by molar-refractivity contribution is 0.509. The van der Waals surface area contributed by atoms with E-state index < -0.39 is 11.6 Å². The lowest BCUT2D eigenvalue weighted by Gasteiger charge is -2.23. The molecular formula is C31H35F3N2S2. The van der Waals surface area contributed by atoms with Gasteiger partial charge < -0.3 is 5.32 Å². The van der Waals surface area contributed by atoms with E-state index in [1.807, 2.05) is 24.1 Å². The van der Waals surface area contributed by atoms with E-state index in [2.05, 4.69) is 41.4 Å². The topological polar surface area (TPSA) is 24.9 Å². The van der Waals surface area contributed by atoms with Gasteiger partial charge in [0.25, 0.3) is 0 Å². The smallest absolute Gasteiger partial charge is 0.159 e. The van der Waals surface area contributed by atoms with Crippen LogP contribution in [0.2, 0.25) is 0 Å². The predicted molar refractivity (Wildman–Crippen MR) is 158 cm³/mol. The van der Waals surface area contributed by atoms with E-state index in [1.54, 1.807) is 30.1 Å². The van der Waals surface area contributed by atoms with E-state index in [0.29, 0.717) is 23.2 Å². The molecule has 4 rings (SSSR count). The number of aryl methyl sites for hydroxylation is 1. The Labute approximate surface area is 233 Å². The van der Waals surface area contributed by atoms with Gasteiger partial charge >= 0.3 is 0 Å². The van der Waals surface area contributed by atoms with Crippen molar-refractivity contribution in [3.63, 3.8) is 0 Å². The first-order valence-corrected chi connectivity index (χ1v) is 15.2. The molecule has 0 bridgehead atoms. The van der Waals surface area contributed by atoms with E-state index in [1.165, 1.54) is 24.3 Å². The maximum absolute atomic E-state index is 15.2. The Bertz CT molecular complexity index is 1220. The SMILES string of the molecule is C1=CSCC1.C=C(NCc1ccnc(CC)c1)C(CCCSC)c1ccc(-c2ccc(F)c(F)c2)cc1F. The summed E-state index contributed by atoms with van der Waals surface area (Å²) >= 11 is 3.65. The second kappa shape index (κ2) is 15.7. The number of allylic oxidation sites excluding steroid dienone is 2. The first kappa shape index (κ1) is 29.9. The minimum Gasteiger partial charge on any atom is -0.384 e. The van der Waals surface area contributed by atoms with Crippen molar-refractivity contribution in [2.75, 3.05) is 17.8 Å². The minimum atomic E-state index is -0.952. The summed E-state index contributed by atoms with van der Waals surface area (Å²) in [6, 6.07) is 12.5. The molecule has 0 spiro atoms. The van der Waals surface area contributed by atoms with Crippen molar-refractivity contribution in [1.29, 1.82) is 0 Å². The largest absolute Gasteiger partial charge is 0.384 e. The zero-order valence-corrected chi connectivity index (χ0v) is 23.6. The molecule has 0 radical (unpaired) electrons. The van der Waals surface area contributed by atoms with Crippen LogP contribution in [0.5, 0.6) is 0 Å². The summed E-state index contributed by atoms with van der Waals surface area (Å²) in [5.74, 6) is -0.183. The number of nitrogens with one attached hydrogen (secondary N) is 1. The Kier molecular flexibility index (Phi) is 12.4. The highest BCUT2D eigenvalue weighted by atomic mass is 32.2. The number of aromatic nitrogens is 1. The second-order valence-corrected chi connectivity index (χ2v) is 11.0. The molecule has 1 aliphatic rings. The normalized spacial score (nSPS) is 13.1. The Balaban J connectivity index is 0.000000715. The van der Waals surface area contributed by atoms with Gasteiger partial charge in [-0.2, -0.15) is 11.8 Å². The molecule has 0 saturated carbocycles. The fourth-order valence-electron chi connectivity index (χ4n) is 4.12. The van der Waals surface area contributed by atoms with Gasteiger partial charge in [-0.3, -0.25) is 4.98 Å². The Morgan fingerprint density at radius 2 is 1.82 bits per heavy atom. The second-order valence-electron chi connectivity index (χ2n) is 8.97. The molecule has 0 fully saturated rings. The Morgan fingerprint density at radius 3 is 2.42 bits per heavy atom. The van der Waals surface area contributed by atoms with Crippen LogP contribution in [-0.2, 0) is 13.0 Å². The number of hydrogen-bond acceptors (Lipinski definition) is 4. The average Bonchev–Trinajstić information content (AvgIpc) is 3.52. The van der Waals surface area contributed by atoms with E-state index in [0.717, 1.165) is 54.1 Å². The van der Waals surface area contributed by atoms with E-state index >= 15 is 4.39 Å². The number of hydrogen-bond donors (Lipinski definition) is 1. The Hall–Kier alpha value is -2.64. The van der Waals surface area contributed by atoms with Crippen LogP contribution < -0.4 is 5.32 Å². The summed E-state index contributed by atoms with van der Waals surface area (Å²) in [5, 5.41) is 5.53. The zero-order valence-electron chi connectivity index (χ0n) is 22.0. The third-order valence-corrected chi connectivity index (χ3v) is 7.80. The molecule has 2 heterocycles. The van der Waals surface area contributed by atoms with Gasteiger partial charge in [-0.15, -0.1) is 11.8 Å². The molecule has 38 heavy (non-hydrogen) atoms. The molecule has 202 valence electrons. The molecule has 1 N–H and O–H groups in total. The van der Waals surface area contributed by atoms with Gasteiger partial charge in [-0.1, -0.05) is 37.8 Å². The van der Waals surface area contributed by atoms with E-state index in [9.17, 15) is 8.78 Å². The number of halogens is 3. The van der Waals surface area contributed by atoms with E-state index in [-0.39, 0.29) is 11.7 Å². The first-order chi connectivity index (χ1) is 18.4. The van der Waals surface area contributed by atoms with Crippen molar-refractivity contribution in [2.24, 2.45) is 0 Å². The van der Waals surface area contributed by atoms with Crippen LogP contribution in [0, 0.1) is 17.5 Å². The molecule has 0 amide bonds. The third-order valence-electron chi connectivity index (χ3n) is 6.25. The monoisotopic (exact) mass is 556 g/mol. The third kappa shape index (κ3) is 8.98. The van der Waals surface area contributed by atoms with Crippen LogP contribution in [-0.4, -0.2) is 22.7 Å². The lowest BCUT2D eigenvalue weighted by Crippen LogP contribution is -2.19. The zero-order chi connectivity index (χ0) is 27.3. The van der Waals surface area contributed by atoms with Crippen LogP contribution in [0.3, 0.4) is 0 Å². The molecule has 0 saturated heterocycles. The molecule has 0 aliphatic carbocycles. The summed E-state index contributed by atoms with van der Waals surface area (Å²) in [6.07, 6.45) is 9.87. The maximum atomic E-state index is 15.2. The summed E-state index contributed by atoms with van der Waals surface area (Å²) in [5.41, 5.74) is 4.35.